The molecule has 0 spiro atoms. The number of aromatic hydroxyl groups is 2. The van der Waals surface area contributed by atoms with Crippen LogP contribution in [0.25, 0.3) is 22.3 Å². The number of aliphatic hydroxyl groups is 11. The lowest BCUT2D eigenvalue weighted by Gasteiger charge is -2.46. The van der Waals surface area contributed by atoms with Crippen molar-refractivity contribution in [1.29, 1.82) is 0 Å². The van der Waals surface area contributed by atoms with Gasteiger partial charge in [-0.05, 0) is 39.0 Å². The predicted octanol–water partition coefficient (Wildman–Crippen LogP) is -4.03. The van der Waals surface area contributed by atoms with E-state index in [2.05, 4.69) is 0 Å². The minimum absolute atomic E-state index is 0.0181. The van der Waals surface area contributed by atoms with Gasteiger partial charge < -0.3 is 113 Å². The molecule has 2 aromatic carbocycles. The fourth-order valence-electron chi connectivity index (χ4n) is 7.71. The summed E-state index contributed by atoms with van der Waals surface area (Å²) in [5.74, 6) is -2.71. The van der Waals surface area contributed by atoms with E-state index in [1.165, 1.54) is 46.1 Å². The highest BCUT2D eigenvalue weighted by Crippen LogP contribution is 2.41. The number of ether oxygens (including phenoxy) is 9. The molecule has 0 amide bonds. The van der Waals surface area contributed by atoms with Gasteiger partial charge in [-0.15, -0.1) is 0 Å². The third kappa shape index (κ3) is 9.08. The van der Waals surface area contributed by atoms with E-state index in [0.29, 0.717) is 0 Å². The average Bonchev–Trinajstić information content (AvgIpc) is 3.26. The molecule has 64 heavy (non-hydrogen) atoms. The zero-order valence-electron chi connectivity index (χ0n) is 34.4. The molecule has 24 heteroatoms. The van der Waals surface area contributed by atoms with Crippen LogP contribution in [0.5, 0.6) is 28.7 Å². The lowest BCUT2D eigenvalue weighted by Crippen LogP contribution is -2.65. The summed E-state index contributed by atoms with van der Waals surface area (Å²) < 4.78 is 57.4. The van der Waals surface area contributed by atoms with Gasteiger partial charge >= 0.3 is 0 Å². The van der Waals surface area contributed by atoms with E-state index in [4.69, 9.17) is 47.0 Å². The molecular formula is C40H52O24. The molecule has 0 bridgehead atoms. The Hall–Kier alpha value is -4.03. The molecule has 356 valence electrons. The number of phenols is 2. The molecular weight excluding hydrogens is 864 g/mol. The Balaban J connectivity index is 1.29. The van der Waals surface area contributed by atoms with E-state index in [1.54, 1.807) is 0 Å². The number of rotatable bonds is 11. The van der Waals surface area contributed by atoms with Gasteiger partial charge in [0.2, 0.25) is 23.8 Å². The van der Waals surface area contributed by atoms with Crippen LogP contribution < -0.4 is 19.6 Å². The van der Waals surface area contributed by atoms with Gasteiger partial charge in [-0.25, -0.2) is 0 Å². The molecule has 0 radical (unpaired) electrons. The third-order valence-electron chi connectivity index (χ3n) is 11.6. The number of hydrogen-bond acceptors (Lipinski definition) is 24. The standard InChI is InChI=1S/C40H52O24/c1-11-22(43)27(48)31(52)37(57-11)56-10-20-25(46)30(51)36(64-39-33(54)29(50)24(45)13(3)59-39)40(62-20)63-35-26(47)21-17(42)8-15(60-38-32(53)28(49)23(44)12(2)58-38)9-19(21)61-34(35)14-5-6-16(41)18(7-14)55-4/h5-9,11-13,20,22-25,27-33,36-46,48-54H,10H2,1-4H3/t11-,12-,13-,20-,22-,23-,24-,25-,27+,28+,29+,30-,31-,32-,33-,36+,37+,38-,39-,40-/m0/s1. The number of methoxy groups -OCH3 is 1. The van der Waals surface area contributed by atoms with Crippen LogP contribution >= 0.6 is 0 Å². The fraction of sp³-hybridized carbons (Fsp3) is 0.625. The zero-order valence-corrected chi connectivity index (χ0v) is 34.4. The van der Waals surface area contributed by atoms with Crippen molar-refractivity contribution in [2.75, 3.05) is 13.7 Å². The maximum absolute atomic E-state index is 14.6. The summed E-state index contributed by atoms with van der Waals surface area (Å²) >= 11 is 0. The second kappa shape index (κ2) is 19.1. The summed E-state index contributed by atoms with van der Waals surface area (Å²) in [4.78, 5) is 14.6. The Morgan fingerprint density at radius 1 is 0.578 bits per heavy atom. The van der Waals surface area contributed by atoms with Gasteiger partial charge in [0.05, 0.1) is 32.0 Å². The van der Waals surface area contributed by atoms with Crippen LogP contribution in [0.2, 0.25) is 0 Å². The second-order valence-electron chi connectivity index (χ2n) is 16.0. The summed E-state index contributed by atoms with van der Waals surface area (Å²) in [7, 11) is 1.24. The molecule has 4 aliphatic rings. The first-order valence-corrected chi connectivity index (χ1v) is 20.1. The van der Waals surface area contributed by atoms with Crippen LogP contribution in [-0.4, -0.2) is 203 Å². The minimum atomic E-state index is -2.08. The highest BCUT2D eigenvalue weighted by atomic mass is 16.8. The fourth-order valence-corrected chi connectivity index (χ4v) is 7.71. The van der Waals surface area contributed by atoms with Gasteiger partial charge in [0, 0.05) is 17.7 Å². The largest absolute Gasteiger partial charge is 0.507 e. The molecule has 1 aromatic heterocycles. The van der Waals surface area contributed by atoms with Crippen LogP contribution in [0.4, 0.5) is 0 Å². The van der Waals surface area contributed by atoms with E-state index in [9.17, 15) is 71.2 Å². The van der Waals surface area contributed by atoms with Crippen LogP contribution in [0.15, 0.2) is 39.5 Å². The predicted molar refractivity (Wildman–Crippen MR) is 208 cm³/mol. The molecule has 0 saturated carbocycles. The Bertz CT molecular complexity index is 2150. The first-order valence-electron chi connectivity index (χ1n) is 20.1. The van der Waals surface area contributed by atoms with Crippen molar-refractivity contribution in [2.45, 2.75) is 144 Å². The number of hydrogen-bond donors (Lipinski definition) is 13. The number of benzene rings is 2. The lowest BCUT2D eigenvalue weighted by molar-refractivity contribution is -0.360. The molecule has 3 aromatic rings. The van der Waals surface area contributed by atoms with Gasteiger partial charge in [0.1, 0.15) is 95.7 Å². The van der Waals surface area contributed by atoms with E-state index in [0.717, 1.165) is 12.1 Å². The van der Waals surface area contributed by atoms with Crippen molar-refractivity contribution < 1.29 is 113 Å². The van der Waals surface area contributed by atoms with E-state index < -0.39 is 158 Å². The van der Waals surface area contributed by atoms with Crippen LogP contribution in [0, 0.1) is 0 Å². The maximum Gasteiger partial charge on any atom is 0.239 e. The van der Waals surface area contributed by atoms with Crippen LogP contribution in [0.1, 0.15) is 20.8 Å². The lowest BCUT2D eigenvalue weighted by atomic mass is 9.97. The number of fused-ring (bicyclic) bond motifs is 1. The smallest absolute Gasteiger partial charge is 0.239 e. The van der Waals surface area contributed by atoms with E-state index in [-0.39, 0.29) is 28.4 Å². The zero-order chi connectivity index (χ0) is 46.6. The third-order valence-corrected chi connectivity index (χ3v) is 11.6. The monoisotopic (exact) mass is 916 g/mol. The molecule has 24 nitrogen and oxygen atoms in total. The van der Waals surface area contributed by atoms with Crippen LogP contribution in [-0.2, 0) is 28.4 Å². The molecule has 4 fully saturated rings. The molecule has 7 rings (SSSR count). The summed E-state index contributed by atoms with van der Waals surface area (Å²) in [6, 6.07) is 5.77. The topological polar surface area (TPSA) is 376 Å². The van der Waals surface area contributed by atoms with Gasteiger partial charge in [0.25, 0.3) is 0 Å². The van der Waals surface area contributed by atoms with E-state index >= 15 is 0 Å². The second-order valence-corrected chi connectivity index (χ2v) is 16.0. The first-order chi connectivity index (χ1) is 30.2. The molecule has 4 saturated heterocycles. The summed E-state index contributed by atoms with van der Waals surface area (Å²) in [6.45, 7) is 3.43. The van der Waals surface area contributed by atoms with Gasteiger partial charge in [0.15, 0.2) is 35.9 Å². The summed E-state index contributed by atoms with van der Waals surface area (Å²) in [5, 5.41) is 138. The highest BCUT2D eigenvalue weighted by Gasteiger charge is 2.52. The van der Waals surface area contributed by atoms with Crippen molar-refractivity contribution in [1.82, 2.24) is 0 Å². The molecule has 0 aliphatic carbocycles. The number of phenolic OH excluding ortho intramolecular Hbond substituents is 2. The Morgan fingerprint density at radius 3 is 1.75 bits per heavy atom. The van der Waals surface area contributed by atoms with Crippen molar-refractivity contribution in [3.05, 3.63) is 40.6 Å². The molecule has 13 N–H and O–H groups in total. The van der Waals surface area contributed by atoms with Gasteiger partial charge in [-0.1, -0.05) is 0 Å². The molecule has 0 unspecified atom stereocenters. The van der Waals surface area contributed by atoms with Crippen molar-refractivity contribution in [3.63, 3.8) is 0 Å². The van der Waals surface area contributed by atoms with Crippen molar-refractivity contribution in [2.24, 2.45) is 0 Å². The Labute approximate surface area is 362 Å². The maximum atomic E-state index is 14.6. The Kier molecular flexibility index (Phi) is 14.3. The summed E-state index contributed by atoms with van der Waals surface area (Å²) in [5.41, 5.74) is -1.51. The van der Waals surface area contributed by atoms with Crippen LogP contribution in [0.3, 0.4) is 0 Å². The Morgan fingerprint density at radius 2 is 1.14 bits per heavy atom. The van der Waals surface area contributed by atoms with Gasteiger partial charge in [-0.3, -0.25) is 4.79 Å². The van der Waals surface area contributed by atoms with Gasteiger partial charge in [-0.2, -0.15) is 0 Å². The molecule has 5 heterocycles. The van der Waals surface area contributed by atoms with Crippen molar-refractivity contribution in [3.8, 4) is 40.1 Å². The normalized spacial score (nSPS) is 40.5. The summed E-state index contributed by atoms with van der Waals surface area (Å²) in [6.07, 6.45) is -33.1. The number of aliphatic hydroxyl groups excluding tert-OH is 11. The average molecular weight is 917 g/mol. The first kappa shape index (κ1) is 47.9. The van der Waals surface area contributed by atoms with Crippen molar-refractivity contribution >= 4 is 11.0 Å². The highest BCUT2D eigenvalue weighted by molar-refractivity contribution is 5.88. The minimum Gasteiger partial charge on any atom is -0.507 e. The quantitative estimate of drug-likeness (QED) is 0.0871. The molecule has 20 atom stereocenters. The van der Waals surface area contributed by atoms with E-state index in [1.807, 2.05) is 0 Å². The SMILES string of the molecule is COc1cc(-c2oc3cc(O[C@@H]4O[C@@H](C)[C@H](O)[C@@H](O)[C@@H]4O)cc(O)c3c(=O)c2O[C@@H]2O[C@@H](CO[C@@H]3O[C@@H](C)[C@H](O)[C@@H](O)[C@@H]3O)[C@H](O)[C@H](O)[C@H]2O[C@@H]2O[C@@H](C)[C@H](O)[C@@H](O)[C@@H]2O)ccc1O. The molecule has 4 aliphatic heterocycles.